The highest BCUT2D eigenvalue weighted by molar-refractivity contribution is 7.87. The predicted molar refractivity (Wildman–Crippen MR) is 214 cm³/mol. The first kappa shape index (κ1) is 43.3. The Balaban J connectivity index is 1.69. The van der Waals surface area contributed by atoms with Gasteiger partial charge in [0.05, 0.1) is 16.9 Å². The van der Waals surface area contributed by atoms with Crippen molar-refractivity contribution in [3.05, 3.63) is 123 Å². The second-order valence-electron chi connectivity index (χ2n) is 13.5. The molecule has 5 rings (SSSR count). The van der Waals surface area contributed by atoms with Gasteiger partial charge in [0, 0.05) is 40.3 Å². The molecule has 6 N–H and O–H groups in total. The molecule has 0 spiro atoms. The summed E-state index contributed by atoms with van der Waals surface area (Å²) in [6, 6.07) is 17.2. The van der Waals surface area contributed by atoms with Crippen LogP contribution in [0, 0.1) is 41.5 Å². The number of ether oxygens (including phenoxy) is 1. The number of methoxy groups -OCH3 is 1. The number of anilines is 4. The molecule has 57 heavy (non-hydrogen) atoms. The first-order valence-corrected chi connectivity index (χ1v) is 22.6. The molecular weight excluding hydrogens is 821 g/mol. The van der Waals surface area contributed by atoms with E-state index in [-0.39, 0.29) is 32.2 Å². The smallest absolute Gasteiger partial charge is 0.295 e. The first-order chi connectivity index (χ1) is 26.2. The fourth-order valence-corrected chi connectivity index (χ4v) is 10.5. The van der Waals surface area contributed by atoms with Crippen molar-refractivity contribution in [1.29, 1.82) is 0 Å². The fraction of sp³-hybridized carbons (Fsp3) is 0.211. The zero-order valence-electron chi connectivity index (χ0n) is 31.6. The molecule has 1 unspecified atom stereocenters. The molecule has 0 aliphatic heterocycles. The molecule has 0 bridgehead atoms. The summed E-state index contributed by atoms with van der Waals surface area (Å²) >= 11 is 0. The van der Waals surface area contributed by atoms with Crippen LogP contribution in [0.3, 0.4) is 0 Å². The van der Waals surface area contributed by atoms with Gasteiger partial charge in [0.25, 0.3) is 40.5 Å². The van der Waals surface area contributed by atoms with Crippen molar-refractivity contribution in [3.63, 3.8) is 0 Å². The molecule has 0 aromatic heterocycles. The average molecular weight is 861 g/mol. The number of hydrogen-bond donors (Lipinski definition) is 6. The molecule has 0 heterocycles. The van der Waals surface area contributed by atoms with Crippen LogP contribution in [0.5, 0.6) is 5.75 Å². The van der Waals surface area contributed by atoms with E-state index < -0.39 is 56.2 Å². The van der Waals surface area contributed by atoms with Crippen LogP contribution in [-0.4, -0.2) is 59.0 Å². The summed E-state index contributed by atoms with van der Waals surface area (Å²) in [5.41, 5.74) is 4.87. The number of aryl methyl sites for hydroxylation is 4. The van der Waals surface area contributed by atoms with Crippen LogP contribution in [0.4, 0.5) is 22.7 Å². The van der Waals surface area contributed by atoms with E-state index in [1.165, 1.54) is 14.0 Å². The molecule has 0 fully saturated rings. The van der Waals surface area contributed by atoms with Gasteiger partial charge in [-0.2, -0.15) is 33.7 Å². The molecule has 0 saturated heterocycles. The third-order valence-electron chi connectivity index (χ3n) is 9.52. The van der Waals surface area contributed by atoms with E-state index in [0.717, 1.165) is 12.1 Å². The van der Waals surface area contributed by atoms with Gasteiger partial charge in [-0.05, 0) is 116 Å². The van der Waals surface area contributed by atoms with E-state index >= 15 is 0 Å². The van der Waals surface area contributed by atoms with E-state index in [0.29, 0.717) is 62.2 Å². The van der Waals surface area contributed by atoms with Crippen LogP contribution in [0.15, 0.2) is 92.4 Å². The lowest BCUT2D eigenvalue weighted by Crippen LogP contribution is -2.13. The van der Waals surface area contributed by atoms with Gasteiger partial charge in [-0.3, -0.25) is 18.2 Å². The summed E-state index contributed by atoms with van der Waals surface area (Å²) in [7, 11) is -17.8. The molecular formula is C38H40N2O13S4. The topological polar surface area (TPSA) is 251 Å². The maximum absolute atomic E-state index is 12.8. The van der Waals surface area contributed by atoms with Gasteiger partial charge >= 0.3 is 0 Å². The average Bonchev–Trinajstić information content (AvgIpc) is 3.07. The summed E-state index contributed by atoms with van der Waals surface area (Å²) < 4.78 is 144. The highest BCUT2D eigenvalue weighted by Crippen LogP contribution is 2.43. The summed E-state index contributed by atoms with van der Waals surface area (Å²) in [5.74, 6) is -0.924. The lowest BCUT2D eigenvalue weighted by atomic mass is 9.84. The third kappa shape index (κ3) is 9.00. The molecule has 5 aromatic carbocycles. The van der Waals surface area contributed by atoms with Crippen LogP contribution < -0.4 is 15.4 Å². The number of nitrogens with one attached hydrogen (secondary N) is 2. The minimum atomic E-state index is -5.13. The maximum Gasteiger partial charge on any atom is 0.295 e. The van der Waals surface area contributed by atoms with E-state index in [2.05, 4.69) is 10.6 Å². The van der Waals surface area contributed by atoms with Crippen molar-refractivity contribution in [3.8, 4) is 5.75 Å². The Kier molecular flexibility index (Phi) is 11.7. The molecule has 1 atom stereocenters. The number of hydrogen-bond acceptors (Lipinski definition) is 11. The summed E-state index contributed by atoms with van der Waals surface area (Å²) in [5, 5.41) is 6.34. The van der Waals surface area contributed by atoms with Gasteiger partial charge in [0.1, 0.15) is 15.5 Å². The monoisotopic (exact) mass is 860 g/mol. The fourth-order valence-electron chi connectivity index (χ4n) is 7.25. The van der Waals surface area contributed by atoms with Crippen molar-refractivity contribution in [2.45, 2.75) is 67.0 Å². The molecule has 15 nitrogen and oxygen atoms in total. The Morgan fingerprint density at radius 3 is 1.40 bits per heavy atom. The summed E-state index contributed by atoms with van der Waals surface area (Å²) in [6.07, 6.45) is 0. The predicted octanol–water partition coefficient (Wildman–Crippen LogP) is 7.20. The third-order valence-corrected chi connectivity index (χ3v) is 13.6. The second kappa shape index (κ2) is 15.5. The molecule has 0 saturated carbocycles. The normalized spacial score (nSPS) is 13.0. The van der Waals surface area contributed by atoms with Crippen molar-refractivity contribution >= 4 is 63.2 Å². The Labute approximate surface area is 331 Å². The van der Waals surface area contributed by atoms with Crippen LogP contribution in [0.25, 0.3) is 0 Å². The molecule has 5 aromatic rings. The van der Waals surface area contributed by atoms with Crippen molar-refractivity contribution in [2.24, 2.45) is 0 Å². The van der Waals surface area contributed by atoms with Gasteiger partial charge in [-0.25, -0.2) is 0 Å². The molecule has 304 valence electrons. The highest BCUT2D eigenvalue weighted by atomic mass is 32.2. The minimum Gasteiger partial charge on any atom is -0.496 e. The summed E-state index contributed by atoms with van der Waals surface area (Å²) in [6.45, 7) is 9.70. The SMILES string of the molecule is COc1cc(Nc2c(C)cc(C)c(S(=O)(=O)O)c2C)ccc1C(c1ccc(Nc2c(C)cc(C)c(S(=O)(=O)O)c2C)cc1)c1ccc(S(=O)(=O)O)cc1S(=O)(=O)O. The number of rotatable bonds is 12. The lowest BCUT2D eigenvalue weighted by molar-refractivity contribution is 0.409. The highest BCUT2D eigenvalue weighted by Gasteiger charge is 2.30. The van der Waals surface area contributed by atoms with Gasteiger partial charge in [-0.1, -0.05) is 36.4 Å². The van der Waals surface area contributed by atoms with Crippen molar-refractivity contribution < 1.29 is 56.6 Å². The van der Waals surface area contributed by atoms with Crippen molar-refractivity contribution in [1.82, 2.24) is 0 Å². The molecule has 0 amide bonds. The standard InChI is InChI=1S/C38H40N2O13S4/c1-20-16-22(3)37(56(47,48)49)24(5)35(20)39-27-10-8-26(9-11-27)34(31-15-13-29(54(41,42)43)19-33(31)55(44,45)46)30-14-12-28(18-32(30)53-7)40-36-21(2)17-23(4)38(25(36)6)57(50,51)52/h8-19,34,39-40H,1-7H3,(H,41,42,43)(H,44,45,46)(H,47,48,49)(H,50,51,52). The van der Waals surface area contributed by atoms with E-state index in [9.17, 15) is 51.9 Å². The van der Waals surface area contributed by atoms with E-state index in [1.807, 2.05) is 0 Å². The van der Waals surface area contributed by atoms with E-state index in [4.69, 9.17) is 4.74 Å². The van der Waals surface area contributed by atoms with Gasteiger partial charge in [0.2, 0.25) is 0 Å². The van der Waals surface area contributed by atoms with Gasteiger partial charge in [0.15, 0.2) is 0 Å². The van der Waals surface area contributed by atoms with Gasteiger partial charge in [-0.15, -0.1) is 0 Å². The molecule has 0 aliphatic rings. The summed E-state index contributed by atoms with van der Waals surface area (Å²) in [4.78, 5) is -2.10. The van der Waals surface area contributed by atoms with Crippen LogP contribution in [-0.2, 0) is 40.5 Å². The molecule has 0 aliphatic carbocycles. The van der Waals surface area contributed by atoms with Gasteiger partial charge < -0.3 is 15.4 Å². The Bertz CT molecular complexity index is 2890. The van der Waals surface area contributed by atoms with E-state index in [1.54, 1.807) is 89.2 Å². The Hall–Kier alpha value is -4.86. The second-order valence-corrected chi connectivity index (χ2v) is 19.1. The zero-order chi connectivity index (χ0) is 42.6. The van der Waals surface area contributed by atoms with Crippen molar-refractivity contribution in [2.75, 3.05) is 17.7 Å². The zero-order valence-corrected chi connectivity index (χ0v) is 34.9. The van der Waals surface area contributed by atoms with Crippen LogP contribution in [0.2, 0.25) is 0 Å². The maximum atomic E-state index is 12.8. The van der Waals surface area contributed by atoms with Crippen LogP contribution >= 0.6 is 0 Å². The number of benzene rings is 5. The molecule has 0 radical (unpaired) electrons. The largest absolute Gasteiger partial charge is 0.496 e. The first-order valence-electron chi connectivity index (χ1n) is 16.8. The lowest BCUT2D eigenvalue weighted by Gasteiger charge is -2.25. The Morgan fingerprint density at radius 2 is 0.965 bits per heavy atom. The minimum absolute atomic E-state index is 0.101. The quantitative estimate of drug-likeness (QED) is 0.0536. The Morgan fingerprint density at radius 1 is 0.509 bits per heavy atom. The van der Waals surface area contributed by atoms with Crippen LogP contribution in [0.1, 0.15) is 56.0 Å². The molecule has 19 heteroatoms.